The molecule has 5 rings (SSSR count). The summed E-state index contributed by atoms with van der Waals surface area (Å²) in [7, 11) is 0. The maximum absolute atomic E-state index is 13.5. The Labute approximate surface area is 189 Å². The molecule has 2 amide bonds. The Hall–Kier alpha value is -4.20. The van der Waals surface area contributed by atoms with E-state index >= 15 is 0 Å². The summed E-state index contributed by atoms with van der Waals surface area (Å²) >= 11 is 0. The van der Waals surface area contributed by atoms with Crippen molar-refractivity contribution in [3.8, 4) is 5.75 Å². The molecule has 0 saturated heterocycles. The summed E-state index contributed by atoms with van der Waals surface area (Å²) in [6, 6.07) is 20.4. The van der Waals surface area contributed by atoms with Gasteiger partial charge in [-0.25, -0.2) is 9.37 Å². The van der Waals surface area contributed by atoms with Crippen LogP contribution in [0.4, 0.5) is 10.1 Å². The molecule has 0 spiro atoms. The van der Waals surface area contributed by atoms with Crippen LogP contribution in [0.5, 0.6) is 5.75 Å². The molecule has 2 heterocycles. The quantitative estimate of drug-likeness (QED) is 0.494. The number of anilines is 1. The summed E-state index contributed by atoms with van der Waals surface area (Å²) in [6.45, 7) is 0.125. The van der Waals surface area contributed by atoms with Gasteiger partial charge in [0.25, 0.3) is 5.91 Å². The van der Waals surface area contributed by atoms with Gasteiger partial charge in [-0.05, 0) is 42.0 Å². The fourth-order valence-electron chi connectivity index (χ4n) is 3.99. The maximum Gasteiger partial charge on any atom is 0.265 e. The molecule has 1 N–H and O–H groups in total. The number of hydrogen-bond donors (Lipinski definition) is 1. The molecule has 1 atom stereocenters. The number of aromatic nitrogens is 2. The third-order valence-corrected chi connectivity index (χ3v) is 5.62. The van der Waals surface area contributed by atoms with E-state index in [0.717, 1.165) is 16.6 Å². The van der Waals surface area contributed by atoms with Crippen LogP contribution >= 0.6 is 0 Å². The van der Waals surface area contributed by atoms with E-state index in [0.29, 0.717) is 18.0 Å². The number of amides is 2. The number of rotatable bonds is 6. The van der Waals surface area contributed by atoms with Gasteiger partial charge >= 0.3 is 0 Å². The molecule has 0 bridgehead atoms. The number of halogens is 1. The number of ether oxygens (including phenoxy) is 1. The molecule has 33 heavy (non-hydrogen) atoms. The van der Waals surface area contributed by atoms with Crippen LogP contribution in [0.15, 0.2) is 79.1 Å². The number of nitrogens with one attached hydrogen (secondary N) is 1. The van der Waals surface area contributed by atoms with E-state index in [4.69, 9.17) is 4.74 Å². The SMILES string of the molecule is O=C(CN1C(=O)COc2ccccc21)NC(Cn1cnc2ccccc21)c1ccc(F)cc1. The number of para-hydroxylation sites is 4. The Bertz CT molecular complexity index is 1320. The van der Waals surface area contributed by atoms with E-state index in [1.807, 2.05) is 34.9 Å². The van der Waals surface area contributed by atoms with Crippen LogP contribution in [-0.2, 0) is 16.1 Å². The predicted molar refractivity (Wildman–Crippen MR) is 121 cm³/mol. The number of carbonyl (C=O) groups is 2. The lowest BCUT2D eigenvalue weighted by molar-refractivity contribution is -0.125. The lowest BCUT2D eigenvalue weighted by Gasteiger charge is -2.29. The first kappa shape index (κ1) is 20.7. The molecular formula is C25H21FN4O3. The summed E-state index contributed by atoms with van der Waals surface area (Å²) in [5, 5.41) is 3.01. The fraction of sp³-hybridized carbons (Fsp3) is 0.160. The van der Waals surface area contributed by atoms with Gasteiger partial charge in [0, 0.05) is 6.54 Å². The van der Waals surface area contributed by atoms with Crippen LogP contribution in [0.2, 0.25) is 0 Å². The number of benzene rings is 3. The average Bonchev–Trinajstić information content (AvgIpc) is 3.24. The average molecular weight is 444 g/mol. The minimum absolute atomic E-state index is 0.118. The summed E-state index contributed by atoms with van der Waals surface area (Å²) in [4.78, 5) is 31.3. The minimum atomic E-state index is -0.456. The Balaban J connectivity index is 1.39. The molecule has 8 heteroatoms. The smallest absolute Gasteiger partial charge is 0.265 e. The van der Waals surface area contributed by atoms with E-state index in [1.54, 1.807) is 36.7 Å². The van der Waals surface area contributed by atoms with E-state index in [9.17, 15) is 14.0 Å². The van der Waals surface area contributed by atoms with Crippen molar-refractivity contribution in [2.45, 2.75) is 12.6 Å². The molecule has 0 aliphatic carbocycles. The van der Waals surface area contributed by atoms with Crippen molar-refractivity contribution in [2.24, 2.45) is 0 Å². The second kappa shape index (κ2) is 8.74. The van der Waals surface area contributed by atoms with Gasteiger partial charge in [0.1, 0.15) is 18.1 Å². The molecule has 0 fully saturated rings. The maximum atomic E-state index is 13.5. The Morgan fingerprint density at radius 3 is 2.67 bits per heavy atom. The van der Waals surface area contributed by atoms with Crippen LogP contribution in [0.3, 0.4) is 0 Å². The zero-order valence-electron chi connectivity index (χ0n) is 17.6. The molecule has 1 aliphatic rings. The normalized spacial score (nSPS) is 14.0. The van der Waals surface area contributed by atoms with Crippen LogP contribution in [0, 0.1) is 5.82 Å². The molecule has 4 aromatic rings. The summed E-state index contributed by atoms with van der Waals surface area (Å²) in [5.74, 6) is -0.418. The monoisotopic (exact) mass is 444 g/mol. The molecule has 1 aromatic heterocycles. The highest BCUT2D eigenvalue weighted by Gasteiger charge is 2.28. The summed E-state index contributed by atoms with van der Waals surface area (Å²) in [5.41, 5.74) is 3.08. The van der Waals surface area contributed by atoms with Crippen LogP contribution in [0.25, 0.3) is 11.0 Å². The Morgan fingerprint density at radius 1 is 1.06 bits per heavy atom. The highest BCUT2D eigenvalue weighted by molar-refractivity contribution is 6.02. The number of nitrogens with zero attached hydrogens (tertiary/aromatic N) is 3. The molecule has 0 radical (unpaired) electrons. The van der Waals surface area contributed by atoms with Crippen LogP contribution in [-0.4, -0.2) is 34.5 Å². The third kappa shape index (κ3) is 4.27. The van der Waals surface area contributed by atoms with Gasteiger partial charge in [-0.2, -0.15) is 0 Å². The van der Waals surface area contributed by atoms with Gasteiger partial charge in [-0.15, -0.1) is 0 Å². The van der Waals surface area contributed by atoms with E-state index < -0.39 is 6.04 Å². The lowest BCUT2D eigenvalue weighted by Crippen LogP contribution is -2.46. The fourth-order valence-corrected chi connectivity index (χ4v) is 3.99. The zero-order chi connectivity index (χ0) is 22.8. The van der Waals surface area contributed by atoms with E-state index in [-0.39, 0.29) is 30.8 Å². The first-order valence-electron chi connectivity index (χ1n) is 10.6. The van der Waals surface area contributed by atoms with Crippen molar-refractivity contribution in [3.05, 3.63) is 90.5 Å². The van der Waals surface area contributed by atoms with Crippen LogP contribution < -0.4 is 15.0 Å². The first-order chi connectivity index (χ1) is 16.1. The number of hydrogen-bond acceptors (Lipinski definition) is 4. The van der Waals surface area contributed by atoms with Crippen molar-refractivity contribution < 1.29 is 18.7 Å². The molecule has 166 valence electrons. The molecule has 7 nitrogen and oxygen atoms in total. The molecule has 0 saturated carbocycles. The van der Waals surface area contributed by atoms with Crippen molar-refractivity contribution >= 4 is 28.5 Å². The molecule has 1 unspecified atom stereocenters. The second-order valence-electron chi connectivity index (χ2n) is 7.79. The van der Waals surface area contributed by atoms with Crippen molar-refractivity contribution in [3.63, 3.8) is 0 Å². The van der Waals surface area contributed by atoms with Crippen molar-refractivity contribution in [1.82, 2.24) is 14.9 Å². The number of imidazole rings is 1. The number of carbonyl (C=O) groups excluding carboxylic acids is 2. The van der Waals surface area contributed by atoms with Crippen LogP contribution in [0.1, 0.15) is 11.6 Å². The highest BCUT2D eigenvalue weighted by Crippen LogP contribution is 2.31. The first-order valence-corrected chi connectivity index (χ1v) is 10.6. The molecule has 1 aliphatic heterocycles. The van der Waals surface area contributed by atoms with Gasteiger partial charge in [0.05, 0.1) is 29.1 Å². The van der Waals surface area contributed by atoms with E-state index in [1.165, 1.54) is 17.0 Å². The predicted octanol–water partition coefficient (Wildman–Crippen LogP) is 3.46. The van der Waals surface area contributed by atoms with E-state index in [2.05, 4.69) is 10.3 Å². The minimum Gasteiger partial charge on any atom is -0.482 e. The van der Waals surface area contributed by atoms with Crippen molar-refractivity contribution in [2.75, 3.05) is 18.1 Å². The Morgan fingerprint density at radius 2 is 1.82 bits per heavy atom. The van der Waals surface area contributed by atoms with Gasteiger partial charge in [0.15, 0.2) is 6.61 Å². The van der Waals surface area contributed by atoms with Gasteiger partial charge in [-0.3, -0.25) is 14.5 Å². The molecular weight excluding hydrogens is 423 g/mol. The van der Waals surface area contributed by atoms with Gasteiger partial charge in [0.2, 0.25) is 5.91 Å². The largest absolute Gasteiger partial charge is 0.482 e. The molecule has 3 aromatic carbocycles. The van der Waals surface area contributed by atoms with Gasteiger partial charge in [-0.1, -0.05) is 36.4 Å². The second-order valence-corrected chi connectivity index (χ2v) is 7.79. The van der Waals surface area contributed by atoms with Crippen molar-refractivity contribution in [1.29, 1.82) is 0 Å². The standard InChI is InChI=1S/C25H21FN4O3/c26-18-11-9-17(10-12-18)20(13-29-16-27-19-5-1-2-6-21(19)29)28-24(31)14-30-22-7-3-4-8-23(22)33-15-25(30)32/h1-12,16,20H,13-15H2,(H,28,31). The summed E-state index contributed by atoms with van der Waals surface area (Å²) in [6.07, 6.45) is 1.72. The summed E-state index contributed by atoms with van der Waals surface area (Å²) < 4.78 is 20.9. The highest BCUT2D eigenvalue weighted by atomic mass is 19.1. The number of fused-ring (bicyclic) bond motifs is 2. The third-order valence-electron chi connectivity index (χ3n) is 5.62. The van der Waals surface area contributed by atoms with Gasteiger partial charge < -0.3 is 14.6 Å². The topological polar surface area (TPSA) is 76.5 Å². The Kier molecular flexibility index (Phi) is 5.48. The lowest BCUT2D eigenvalue weighted by atomic mass is 10.1. The zero-order valence-corrected chi connectivity index (χ0v) is 17.6.